The van der Waals surface area contributed by atoms with E-state index in [9.17, 15) is 9.67 Å². The first-order valence-corrected chi connectivity index (χ1v) is 11.5. The fourth-order valence-electron chi connectivity index (χ4n) is 3.22. The average Bonchev–Trinajstić information content (AvgIpc) is 3.10. The average molecular weight is 447 g/mol. The third-order valence-corrected chi connectivity index (χ3v) is 6.59. The number of hydrogen-bond donors (Lipinski definition) is 1. The van der Waals surface area contributed by atoms with Crippen LogP contribution in [0.1, 0.15) is 25.0 Å². The van der Waals surface area contributed by atoms with Gasteiger partial charge in [0.2, 0.25) is 0 Å². The smallest absolute Gasteiger partial charge is 0.362 e. The molecule has 0 unspecified atom stereocenters. The molecule has 3 rings (SSSR count). The Balaban J connectivity index is 1.82. The van der Waals surface area contributed by atoms with Crippen molar-refractivity contribution in [1.29, 1.82) is 0 Å². The van der Waals surface area contributed by atoms with Crippen molar-refractivity contribution in [1.82, 2.24) is 0 Å². The zero-order valence-electron chi connectivity index (χ0n) is 17.4. The second-order valence-corrected chi connectivity index (χ2v) is 9.65. The van der Waals surface area contributed by atoms with Gasteiger partial charge in [-0.1, -0.05) is 65.8 Å². The van der Waals surface area contributed by atoms with Gasteiger partial charge in [0.15, 0.2) is 11.6 Å². The highest BCUT2D eigenvalue weighted by atomic mass is 31.2. The molecule has 1 fully saturated rings. The van der Waals surface area contributed by atoms with Crippen LogP contribution in [0.5, 0.6) is 0 Å². The van der Waals surface area contributed by atoms with Crippen molar-refractivity contribution in [2.24, 2.45) is 5.11 Å². The SMILES string of the molecule is CC1(C)O[C@@H]([C@@H](O)P(=O)(OCc2ccccc2)OCc2ccccc2)[C@@H](CN=[N+]=[N-])O1. The Morgan fingerprint density at radius 3 is 2.06 bits per heavy atom. The van der Waals surface area contributed by atoms with Crippen molar-refractivity contribution < 1.29 is 28.2 Å². The Labute approximate surface area is 181 Å². The Morgan fingerprint density at radius 2 is 1.58 bits per heavy atom. The molecular formula is C21H26N3O6P. The maximum Gasteiger partial charge on any atom is 0.362 e. The van der Waals surface area contributed by atoms with E-state index in [-0.39, 0.29) is 19.8 Å². The lowest BCUT2D eigenvalue weighted by Crippen LogP contribution is -2.37. The summed E-state index contributed by atoms with van der Waals surface area (Å²) in [6.07, 6.45) is -1.88. The maximum atomic E-state index is 13.7. The van der Waals surface area contributed by atoms with Gasteiger partial charge >= 0.3 is 7.60 Å². The van der Waals surface area contributed by atoms with Crippen LogP contribution in [0.2, 0.25) is 0 Å². The maximum absolute atomic E-state index is 13.7. The Bertz CT molecular complexity index is 889. The normalized spacial score (nSPS) is 21.4. The molecule has 0 aromatic heterocycles. The summed E-state index contributed by atoms with van der Waals surface area (Å²) in [5, 5.41) is 14.6. The molecule has 0 bridgehead atoms. The van der Waals surface area contributed by atoms with Gasteiger partial charge in [0.05, 0.1) is 25.9 Å². The lowest BCUT2D eigenvalue weighted by atomic mass is 10.2. The van der Waals surface area contributed by atoms with E-state index >= 15 is 0 Å². The molecule has 31 heavy (non-hydrogen) atoms. The minimum absolute atomic E-state index is 0.0258. The fourth-order valence-corrected chi connectivity index (χ4v) is 4.87. The van der Waals surface area contributed by atoms with Crippen molar-refractivity contribution in [3.8, 4) is 0 Å². The molecular weight excluding hydrogens is 421 g/mol. The predicted octanol–water partition coefficient (Wildman–Crippen LogP) is 4.76. The molecule has 3 atom stereocenters. The van der Waals surface area contributed by atoms with Gasteiger partial charge in [0.25, 0.3) is 0 Å². The third-order valence-electron chi connectivity index (χ3n) is 4.67. The third kappa shape index (κ3) is 6.38. The molecule has 0 radical (unpaired) electrons. The molecule has 2 aromatic rings. The number of ether oxygens (including phenoxy) is 2. The van der Waals surface area contributed by atoms with Crippen LogP contribution in [0, 0.1) is 0 Å². The molecule has 1 aliphatic heterocycles. The summed E-state index contributed by atoms with van der Waals surface area (Å²) in [6.45, 7) is 3.16. The molecule has 2 aromatic carbocycles. The number of hydrogen-bond acceptors (Lipinski definition) is 7. The van der Waals surface area contributed by atoms with E-state index in [2.05, 4.69) is 10.0 Å². The first-order chi connectivity index (χ1) is 14.8. The van der Waals surface area contributed by atoms with Gasteiger partial charge in [-0.15, -0.1) is 0 Å². The van der Waals surface area contributed by atoms with E-state index in [1.807, 2.05) is 60.7 Å². The first kappa shape index (κ1) is 23.4. The molecule has 9 nitrogen and oxygen atoms in total. The van der Waals surface area contributed by atoms with E-state index in [0.29, 0.717) is 0 Å². The molecule has 0 saturated carbocycles. The summed E-state index contributed by atoms with van der Waals surface area (Å²) in [7, 11) is -4.10. The largest absolute Gasteiger partial charge is 0.378 e. The van der Waals surface area contributed by atoms with Crippen molar-refractivity contribution in [2.45, 2.75) is 50.9 Å². The van der Waals surface area contributed by atoms with Crippen LogP contribution < -0.4 is 0 Å². The Kier molecular flexibility index (Phi) is 7.86. The van der Waals surface area contributed by atoms with Crippen molar-refractivity contribution >= 4 is 7.60 Å². The second kappa shape index (κ2) is 10.4. The van der Waals surface area contributed by atoms with Crippen molar-refractivity contribution in [3.63, 3.8) is 0 Å². The lowest BCUT2D eigenvalue weighted by molar-refractivity contribution is -0.151. The summed E-state index contributed by atoms with van der Waals surface area (Å²) in [6, 6.07) is 18.3. The van der Waals surface area contributed by atoms with Crippen molar-refractivity contribution in [2.75, 3.05) is 6.54 Å². The van der Waals surface area contributed by atoms with Gasteiger partial charge in [-0.25, -0.2) is 0 Å². The quantitative estimate of drug-likeness (QED) is 0.242. The minimum Gasteiger partial charge on any atom is -0.378 e. The van der Waals surface area contributed by atoms with Crippen LogP contribution >= 0.6 is 7.60 Å². The fraction of sp³-hybridized carbons (Fsp3) is 0.429. The van der Waals surface area contributed by atoms with E-state index < -0.39 is 31.4 Å². The van der Waals surface area contributed by atoms with E-state index in [4.69, 9.17) is 24.1 Å². The summed E-state index contributed by atoms with van der Waals surface area (Å²) in [4.78, 5) is 2.73. The molecule has 0 spiro atoms. The monoisotopic (exact) mass is 447 g/mol. The highest BCUT2D eigenvalue weighted by Crippen LogP contribution is 2.56. The van der Waals surface area contributed by atoms with Crippen LogP contribution in [-0.2, 0) is 36.3 Å². The standard InChI is InChI=1S/C21H26N3O6P/c1-21(2)29-18(13-23-24-22)19(30-21)20(25)31(26,27-14-16-9-5-3-6-10-16)28-15-17-11-7-4-8-12-17/h3-12,18-20,25H,13-15H2,1-2H3/t18-,19-,20+/m1/s1. The number of aliphatic hydroxyl groups is 1. The number of rotatable bonds is 10. The number of aliphatic hydroxyl groups excluding tert-OH is 1. The van der Waals surface area contributed by atoms with Gasteiger partial charge in [-0.05, 0) is 30.5 Å². The lowest BCUT2D eigenvalue weighted by Gasteiger charge is -2.28. The summed E-state index contributed by atoms with van der Waals surface area (Å²) < 4.78 is 36.6. The summed E-state index contributed by atoms with van der Waals surface area (Å²) in [5.41, 5.74) is 10.2. The predicted molar refractivity (Wildman–Crippen MR) is 114 cm³/mol. The molecule has 166 valence electrons. The van der Waals surface area contributed by atoms with Crippen LogP contribution in [0.25, 0.3) is 10.4 Å². The van der Waals surface area contributed by atoms with Crippen LogP contribution in [0.3, 0.4) is 0 Å². The Hall–Kier alpha value is -2.22. The summed E-state index contributed by atoms with van der Waals surface area (Å²) in [5.74, 6) is -2.72. The highest BCUT2D eigenvalue weighted by molar-refractivity contribution is 7.54. The highest BCUT2D eigenvalue weighted by Gasteiger charge is 2.52. The second-order valence-electron chi connectivity index (χ2n) is 7.52. The number of azide groups is 1. The van der Waals surface area contributed by atoms with Crippen LogP contribution in [0.4, 0.5) is 0 Å². The molecule has 0 aliphatic carbocycles. The molecule has 1 saturated heterocycles. The van der Waals surface area contributed by atoms with Gasteiger partial charge in [0.1, 0.15) is 6.10 Å². The number of benzene rings is 2. The topological polar surface area (TPSA) is 123 Å². The zero-order valence-corrected chi connectivity index (χ0v) is 18.3. The molecule has 10 heteroatoms. The minimum atomic E-state index is -4.10. The van der Waals surface area contributed by atoms with Gasteiger partial charge in [-0.3, -0.25) is 4.57 Å². The number of nitrogens with zero attached hydrogens (tertiary/aromatic N) is 3. The van der Waals surface area contributed by atoms with Gasteiger partial charge in [0, 0.05) is 4.91 Å². The van der Waals surface area contributed by atoms with Gasteiger partial charge < -0.3 is 23.6 Å². The van der Waals surface area contributed by atoms with Crippen LogP contribution in [0.15, 0.2) is 65.8 Å². The molecule has 1 heterocycles. The zero-order chi connectivity index (χ0) is 22.3. The summed E-state index contributed by atoms with van der Waals surface area (Å²) >= 11 is 0. The van der Waals surface area contributed by atoms with E-state index in [0.717, 1.165) is 11.1 Å². The van der Waals surface area contributed by atoms with Crippen molar-refractivity contribution in [3.05, 3.63) is 82.2 Å². The van der Waals surface area contributed by atoms with Gasteiger partial charge in [-0.2, -0.15) is 0 Å². The molecule has 1 N–H and O–H groups in total. The molecule has 0 amide bonds. The van der Waals surface area contributed by atoms with E-state index in [1.165, 1.54) is 0 Å². The first-order valence-electron chi connectivity index (χ1n) is 9.84. The van der Waals surface area contributed by atoms with E-state index in [1.54, 1.807) is 13.8 Å². The molecule has 1 aliphatic rings. The van der Waals surface area contributed by atoms with Crippen LogP contribution in [-0.4, -0.2) is 35.5 Å². The Morgan fingerprint density at radius 1 is 1.06 bits per heavy atom.